The number of rotatable bonds is 3. The van der Waals surface area contributed by atoms with E-state index in [4.69, 9.17) is 0 Å². The Labute approximate surface area is 118 Å². The highest BCUT2D eigenvalue weighted by Crippen LogP contribution is 2.28. The van der Waals surface area contributed by atoms with Crippen LogP contribution >= 0.6 is 0 Å². The quantitative estimate of drug-likeness (QED) is 0.784. The summed E-state index contributed by atoms with van der Waals surface area (Å²) in [5.41, 5.74) is 4.09. The van der Waals surface area contributed by atoms with Crippen LogP contribution in [0.5, 0.6) is 0 Å². The van der Waals surface area contributed by atoms with Crippen molar-refractivity contribution in [1.29, 1.82) is 0 Å². The number of nitrogens with zero attached hydrogens (tertiary/aromatic N) is 2. The number of fused-ring (bicyclic) bond motifs is 1. The summed E-state index contributed by atoms with van der Waals surface area (Å²) < 4.78 is 0. The molecule has 0 N–H and O–H groups in total. The van der Waals surface area contributed by atoms with E-state index in [0.717, 1.165) is 23.4 Å². The third-order valence-electron chi connectivity index (χ3n) is 3.37. The van der Waals surface area contributed by atoms with Crippen LogP contribution in [0.4, 0.5) is 5.69 Å². The molecule has 0 aromatic heterocycles. The number of para-hydroxylation sites is 1. The summed E-state index contributed by atoms with van der Waals surface area (Å²) in [6.07, 6.45) is 1.20. The summed E-state index contributed by atoms with van der Waals surface area (Å²) in [5.74, 6) is 0.0404. The van der Waals surface area contributed by atoms with Gasteiger partial charge in [0.2, 0.25) is 0 Å². The van der Waals surface area contributed by atoms with Gasteiger partial charge in [-0.05, 0) is 24.1 Å². The van der Waals surface area contributed by atoms with Crippen molar-refractivity contribution in [3.05, 3.63) is 65.7 Å². The molecule has 0 saturated heterocycles. The van der Waals surface area contributed by atoms with Crippen molar-refractivity contribution in [3.8, 4) is 0 Å². The molecule has 3 rings (SSSR count). The summed E-state index contributed by atoms with van der Waals surface area (Å²) in [6.45, 7) is 1.96. The zero-order valence-corrected chi connectivity index (χ0v) is 11.4. The molecular weight excluding hydrogens is 248 g/mol. The first-order valence-electron chi connectivity index (χ1n) is 6.73. The van der Waals surface area contributed by atoms with Gasteiger partial charge in [-0.2, -0.15) is 5.10 Å². The highest BCUT2D eigenvalue weighted by Gasteiger charge is 2.26. The molecule has 2 aromatic carbocycles. The molecule has 3 heteroatoms. The number of benzene rings is 2. The molecule has 1 aliphatic rings. The van der Waals surface area contributed by atoms with Crippen LogP contribution in [0.2, 0.25) is 0 Å². The Hall–Kier alpha value is -2.42. The molecule has 0 atom stereocenters. The van der Waals surface area contributed by atoms with Gasteiger partial charge in [-0.15, -0.1) is 0 Å². The third-order valence-corrected chi connectivity index (χ3v) is 3.37. The number of hydrogen-bond donors (Lipinski definition) is 0. The molecular formula is C17H16N2O. The smallest absolute Gasteiger partial charge is 0.251 e. The van der Waals surface area contributed by atoms with Gasteiger partial charge in [0.15, 0.2) is 0 Å². The van der Waals surface area contributed by atoms with Crippen LogP contribution in [0.25, 0.3) is 0 Å². The molecule has 0 bridgehead atoms. The van der Waals surface area contributed by atoms with E-state index in [1.807, 2.05) is 49.4 Å². The van der Waals surface area contributed by atoms with Gasteiger partial charge in [0.1, 0.15) is 0 Å². The predicted octanol–water partition coefficient (Wildman–Crippen LogP) is 3.19. The minimum Gasteiger partial charge on any atom is -0.272 e. The van der Waals surface area contributed by atoms with E-state index in [-0.39, 0.29) is 5.91 Å². The molecule has 3 nitrogen and oxygen atoms in total. The van der Waals surface area contributed by atoms with Crippen molar-refractivity contribution in [3.63, 3.8) is 0 Å². The fourth-order valence-electron chi connectivity index (χ4n) is 2.45. The lowest BCUT2D eigenvalue weighted by atomic mass is 10.1. The van der Waals surface area contributed by atoms with E-state index in [1.54, 1.807) is 0 Å². The highest BCUT2D eigenvalue weighted by molar-refractivity contribution is 6.02. The molecule has 0 aliphatic carbocycles. The lowest BCUT2D eigenvalue weighted by Gasteiger charge is -2.12. The van der Waals surface area contributed by atoms with Crippen molar-refractivity contribution in [2.45, 2.75) is 19.8 Å². The second-order valence-corrected chi connectivity index (χ2v) is 5.01. The van der Waals surface area contributed by atoms with Crippen LogP contribution < -0.4 is 5.01 Å². The van der Waals surface area contributed by atoms with Crippen LogP contribution in [-0.2, 0) is 17.6 Å². The zero-order valence-electron chi connectivity index (χ0n) is 11.4. The van der Waals surface area contributed by atoms with E-state index in [0.29, 0.717) is 6.42 Å². The number of anilines is 1. The van der Waals surface area contributed by atoms with E-state index in [9.17, 15) is 4.79 Å². The highest BCUT2D eigenvalue weighted by atomic mass is 16.2. The normalized spacial score (nSPS) is 14.6. The molecule has 1 heterocycles. The fourth-order valence-corrected chi connectivity index (χ4v) is 2.45. The standard InChI is InChI=1S/C17H16N2O/c1-13(11-14-7-3-2-4-8-14)18-19-16-10-6-5-9-15(16)12-17(19)20/h2-10H,11-12H2,1H3/b18-13+. The Morgan fingerprint density at radius 1 is 1.10 bits per heavy atom. The summed E-state index contributed by atoms with van der Waals surface area (Å²) in [5, 5.41) is 6.03. The fraction of sp³-hybridized carbons (Fsp3) is 0.176. The molecule has 20 heavy (non-hydrogen) atoms. The van der Waals surface area contributed by atoms with Gasteiger partial charge in [0.25, 0.3) is 5.91 Å². The van der Waals surface area contributed by atoms with Gasteiger partial charge in [0.05, 0.1) is 12.1 Å². The van der Waals surface area contributed by atoms with Crippen LogP contribution in [0.1, 0.15) is 18.1 Å². The predicted molar refractivity (Wildman–Crippen MR) is 80.9 cm³/mol. The Morgan fingerprint density at radius 2 is 1.80 bits per heavy atom. The van der Waals surface area contributed by atoms with Crippen molar-refractivity contribution in [1.82, 2.24) is 0 Å². The summed E-state index contributed by atoms with van der Waals surface area (Å²) in [6, 6.07) is 18.0. The van der Waals surface area contributed by atoms with Gasteiger partial charge in [-0.3, -0.25) is 4.79 Å². The summed E-state index contributed by atoms with van der Waals surface area (Å²) >= 11 is 0. The van der Waals surface area contributed by atoms with Crippen LogP contribution in [0.3, 0.4) is 0 Å². The lowest BCUT2D eigenvalue weighted by Crippen LogP contribution is -2.22. The number of hydrazone groups is 1. The Balaban J connectivity index is 1.83. The average Bonchev–Trinajstić information content (AvgIpc) is 2.76. The second kappa shape index (κ2) is 5.29. The van der Waals surface area contributed by atoms with E-state index >= 15 is 0 Å². The minimum absolute atomic E-state index is 0.0404. The molecule has 100 valence electrons. The van der Waals surface area contributed by atoms with Crippen LogP contribution in [0.15, 0.2) is 59.7 Å². The third kappa shape index (κ3) is 2.48. The van der Waals surface area contributed by atoms with Crippen molar-refractivity contribution in [2.75, 3.05) is 5.01 Å². The number of amides is 1. The molecule has 0 radical (unpaired) electrons. The first kappa shape index (κ1) is 12.6. The van der Waals surface area contributed by atoms with Gasteiger partial charge >= 0.3 is 0 Å². The second-order valence-electron chi connectivity index (χ2n) is 5.01. The van der Waals surface area contributed by atoms with E-state index in [2.05, 4.69) is 17.2 Å². The molecule has 0 saturated carbocycles. The van der Waals surface area contributed by atoms with E-state index in [1.165, 1.54) is 10.6 Å². The Morgan fingerprint density at radius 3 is 2.60 bits per heavy atom. The molecule has 0 spiro atoms. The number of hydrogen-bond acceptors (Lipinski definition) is 2. The topological polar surface area (TPSA) is 32.7 Å². The van der Waals surface area contributed by atoms with Gasteiger partial charge in [-0.1, -0.05) is 48.5 Å². The maximum Gasteiger partial charge on any atom is 0.251 e. The summed E-state index contributed by atoms with van der Waals surface area (Å²) in [4.78, 5) is 12.0. The minimum atomic E-state index is 0.0404. The number of carbonyl (C=O) groups is 1. The SMILES string of the molecule is C/C(Cc1ccccc1)=N\N1C(=O)Cc2ccccc21. The maximum absolute atomic E-state index is 12.0. The first-order valence-corrected chi connectivity index (χ1v) is 6.73. The van der Waals surface area contributed by atoms with Gasteiger partial charge in [0, 0.05) is 12.1 Å². The lowest BCUT2D eigenvalue weighted by molar-refractivity contribution is -0.117. The number of carbonyl (C=O) groups excluding carboxylic acids is 1. The van der Waals surface area contributed by atoms with Crippen molar-refractivity contribution >= 4 is 17.3 Å². The largest absolute Gasteiger partial charge is 0.272 e. The molecule has 0 fully saturated rings. The first-order chi connectivity index (χ1) is 9.74. The van der Waals surface area contributed by atoms with Crippen molar-refractivity contribution in [2.24, 2.45) is 5.10 Å². The molecule has 0 unspecified atom stereocenters. The monoisotopic (exact) mass is 264 g/mol. The summed E-state index contributed by atoms with van der Waals surface area (Å²) in [7, 11) is 0. The molecule has 1 aliphatic heterocycles. The van der Waals surface area contributed by atoms with Crippen LogP contribution in [-0.4, -0.2) is 11.6 Å². The van der Waals surface area contributed by atoms with Crippen molar-refractivity contribution < 1.29 is 4.79 Å². The Kier molecular flexibility index (Phi) is 3.33. The Bertz CT molecular complexity index is 662. The van der Waals surface area contributed by atoms with E-state index < -0.39 is 0 Å². The average molecular weight is 264 g/mol. The van der Waals surface area contributed by atoms with Gasteiger partial charge in [-0.25, -0.2) is 5.01 Å². The molecule has 2 aromatic rings. The van der Waals surface area contributed by atoms with Gasteiger partial charge < -0.3 is 0 Å². The maximum atomic E-state index is 12.0. The molecule has 1 amide bonds. The van der Waals surface area contributed by atoms with Crippen LogP contribution in [0, 0.1) is 0 Å². The zero-order chi connectivity index (χ0) is 13.9.